The molecule has 0 saturated carbocycles. The van der Waals surface area contributed by atoms with Gasteiger partial charge in [-0.05, 0) is 18.4 Å². The molecule has 2 rings (SSSR count). The van der Waals surface area contributed by atoms with Crippen molar-refractivity contribution in [2.24, 2.45) is 5.73 Å². The van der Waals surface area contributed by atoms with Crippen molar-refractivity contribution in [1.29, 1.82) is 0 Å². The zero-order valence-electron chi connectivity index (χ0n) is 10.5. The molecular formula is C14H18N2S. The summed E-state index contributed by atoms with van der Waals surface area (Å²) in [6.07, 6.45) is 0. The normalized spacial score (nSPS) is 13.0. The first kappa shape index (κ1) is 12.3. The van der Waals surface area contributed by atoms with Crippen LogP contribution in [0.25, 0.3) is 10.6 Å². The monoisotopic (exact) mass is 246 g/mol. The standard InChI is InChI=1S/C14H18N2S/c1-9(2)11-4-6-12(7-5-11)14-16-13(8-17-14)10(3)15/h4-10H,15H2,1-3H3. The van der Waals surface area contributed by atoms with Gasteiger partial charge >= 0.3 is 0 Å². The Hall–Kier alpha value is -1.19. The van der Waals surface area contributed by atoms with Gasteiger partial charge in [0.15, 0.2) is 0 Å². The van der Waals surface area contributed by atoms with Crippen molar-refractivity contribution < 1.29 is 0 Å². The Labute approximate surface area is 107 Å². The number of thiazole rings is 1. The second-order valence-electron chi connectivity index (χ2n) is 4.64. The van der Waals surface area contributed by atoms with Crippen molar-refractivity contribution >= 4 is 11.3 Å². The van der Waals surface area contributed by atoms with Crippen LogP contribution in [0.15, 0.2) is 29.6 Å². The fraction of sp³-hybridized carbons (Fsp3) is 0.357. The molecule has 1 heterocycles. The smallest absolute Gasteiger partial charge is 0.123 e. The van der Waals surface area contributed by atoms with Crippen LogP contribution in [0.4, 0.5) is 0 Å². The Bertz CT molecular complexity index is 483. The Kier molecular flexibility index (Phi) is 3.60. The summed E-state index contributed by atoms with van der Waals surface area (Å²) >= 11 is 1.65. The summed E-state index contributed by atoms with van der Waals surface area (Å²) in [6.45, 7) is 6.36. The molecule has 0 aliphatic heterocycles. The van der Waals surface area contributed by atoms with Crippen molar-refractivity contribution in [2.75, 3.05) is 0 Å². The Balaban J connectivity index is 2.27. The summed E-state index contributed by atoms with van der Waals surface area (Å²) in [5.74, 6) is 0.569. The van der Waals surface area contributed by atoms with E-state index < -0.39 is 0 Å². The van der Waals surface area contributed by atoms with Crippen LogP contribution in [0.3, 0.4) is 0 Å². The van der Waals surface area contributed by atoms with E-state index in [9.17, 15) is 0 Å². The van der Waals surface area contributed by atoms with Gasteiger partial charge in [-0.3, -0.25) is 0 Å². The average molecular weight is 246 g/mol. The number of nitrogens with zero attached hydrogens (tertiary/aromatic N) is 1. The zero-order chi connectivity index (χ0) is 12.4. The minimum absolute atomic E-state index is 0.00920. The Morgan fingerprint density at radius 3 is 2.24 bits per heavy atom. The van der Waals surface area contributed by atoms with Crippen molar-refractivity contribution in [2.45, 2.75) is 32.7 Å². The van der Waals surface area contributed by atoms with Crippen molar-refractivity contribution in [3.8, 4) is 10.6 Å². The molecular weight excluding hydrogens is 228 g/mol. The van der Waals surface area contributed by atoms with Crippen LogP contribution in [-0.4, -0.2) is 4.98 Å². The summed E-state index contributed by atoms with van der Waals surface area (Å²) in [6, 6.07) is 8.63. The minimum Gasteiger partial charge on any atom is -0.323 e. The Morgan fingerprint density at radius 2 is 1.76 bits per heavy atom. The second kappa shape index (κ2) is 4.98. The van der Waals surface area contributed by atoms with E-state index in [2.05, 4.69) is 43.1 Å². The number of aromatic nitrogens is 1. The van der Waals surface area contributed by atoms with Crippen molar-refractivity contribution in [3.63, 3.8) is 0 Å². The predicted octanol–water partition coefficient (Wildman–Crippen LogP) is 3.95. The highest BCUT2D eigenvalue weighted by Crippen LogP contribution is 2.27. The molecule has 17 heavy (non-hydrogen) atoms. The summed E-state index contributed by atoms with van der Waals surface area (Å²) in [5, 5.41) is 3.09. The third kappa shape index (κ3) is 2.73. The quantitative estimate of drug-likeness (QED) is 0.890. The fourth-order valence-corrected chi connectivity index (χ4v) is 2.57. The first-order valence-corrected chi connectivity index (χ1v) is 6.77. The van der Waals surface area contributed by atoms with Crippen LogP contribution >= 0.6 is 11.3 Å². The summed E-state index contributed by atoms with van der Waals surface area (Å²) < 4.78 is 0. The number of hydrogen-bond acceptors (Lipinski definition) is 3. The molecule has 2 N–H and O–H groups in total. The first-order chi connectivity index (χ1) is 8.08. The fourth-order valence-electron chi connectivity index (χ4n) is 1.64. The highest BCUT2D eigenvalue weighted by atomic mass is 32.1. The highest BCUT2D eigenvalue weighted by molar-refractivity contribution is 7.13. The molecule has 1 atom stereocenters. The SMILES string of the molecule is CC(C)c1ccc(-c2nc(C(C)N)cs2)cc1. The van der Waals surface area contributed by atoms with Crippen LogP contribution in [0.5, 0.6) is 0 Å². The van der Waals surface area contributed by atoms with Gasteiger partial charge in [0.2, 0.25) is 0 Å². The highest BCUT2D eigenvalue weighted by Gasteiger charge is 2.08. The molecule has 0 fully saturated rings. The molecule has 0 aliphatic rings. The lowest BCUT2D eigenvalue weighted by Crippen LogP contribution is -2.04. The Morgan fingerprint density at radius 1 is 1.12 bits per heavy atom. The average Bonchev–Trinajstić information content (AvgIpc) is 2.78. The van der Waals surface area contributed by atoms with E-state index in [4.69, 9.17) is 5.73 Å². The van der Waals surface area contributed by atoms with E-state index in [0.29, 0.717) is 5.92 Å². The maximum Gasteiger partial charge on any atom is 0.123 e. The van der Waals surface area contributed by atoms with E-state index in [1.165, 1.54) is 11.1 Å². The van der Waals surface area contributed by atoms with Gasteiger partial charge in [-0.1, -0.05) is 38.1 Å². The van der Waals surface area contributed by atoms with E-state index in [-0.39, 0.29) is 6.04 Å². The summed E-state index contributed by atoms with van der Waals surface area (Å²) in [4.78, 5) is 4.55. The molecule has 0 spiro atoms. The topological polar surface area (TPSA) is 38.9 Å². The van der Waals surface area contributed by atoms with Gasteiger partial charge in [0.05, 0.1) is 5.69 Å². The minimum atomic E-state index is 0.00920. The first-order valence-electron chi connectivity index (χ1n) is 5.89. The number of benzene rings is 1. The number of hydrogen-bond donors (Lipinski definition) is 1. The van der Waals surface area contributed by atoms with Crippen LogP contribution in [0, 0.1) is 0 Å². The van der Waals surface area contributed by atoms with Gasteiger partial charge in [0.25, 0.3) is 0 Å². The number of nitrogens with two attached hydrogens (primary N) is 1. The van der Waals surface area contributed by atoms with E-state index in [0.717, 1.165) is 10.7 Å². The summed E-state index contributed by atoms with van der Waals surface area (Å²) in [7, 11) is 0. The van der Waals surface area contributed by atoms with Gasteiger partial charge in [-0.15, -0.1) is 11.3 Å². The molecule has 1 aromatic carbocycles. The van der Waals surface area contributed by atoms with E-state index >= 15 is 0 Å². The van der Waals surface area contributed by atoms with Gasteiger partial charge in [0, 0.05) is 17.0 Å². The van der Waals surface area contributed by atoms with Gasteiger partial charge < -0.3 is 5.73 Å². The molecule has 3 heteroatoms. The third-order valence-electron chi connectivity index (χ3n) is 2.81. The largest absolute Gasteiger partial charge is 0.323 e. The molecule has 0 radical (unpaired) electrons. The van der Waals surface area contributed by atoms with Crippen LogP contribution in [0.2, 0.25) is 0 Å². The lowest BCUT2D eigenvalue weighted by Gasteiger charge is -2.05. The van der Waals surface area contributed by atoms with Crippen LogP contribution in [-0.2, 0) is 0 Å². The summed E-state index contributed by atoms with van der Waals surface area (Å²) in [5.41, 5.74) is 9.31. The zero-order valence-corrected chi connectivity index (χ0v) is 11.3. The molecule has 1 aromatic heterocycles. The van der Waals surface area contributed by atoms with Crippen molar-refractivity contribution in [3.05, 3.63) is 40.9 Å². The molecule has 0 amide bonds. The molecule has 0 aliphatic carbocycles. The molecule has 2 aromatic rings. The predicted molar refractivity (Wildman–Crippen MR) is 74.2 cm³/mol. The molecule has 1 unspecified atom stereocenters. The lowest BCUT2D eigenvalue weighted by atomic mass is 10.0. The van der Waals surface area contributed by atoms with Crippen LogP contribution in [0.1, 0.15) is 44.0 Å². The van der Waals surface area contributed by atoms with Gasteiger partial charge in [-0.2, -0.15) is 0 Å². The molecule has 2 nitrogen and oxygen atoms in total. The molecule has 90 valence electrons. The van der Waals surface area contributed by atoms with E-state index in [1.807, 2.05) is 12.3 Å². The van der Waals surface area contributed by atoms with E-state index in [1.54, 1.807) is 11.3 Å². The molecule has 0 bridgehead atoms. The maximum atomic E-state index is 5.81. The molecule has 0 saturated heterocycles. The van der Waals surface area contributed by atoms with Crippen molar-refractivity contribution in [1.82, 2.24) is 4.98 Å². The van der Waals surface area contributed by atoms with Gasteiger partial charge in [-0.25, -0.2) is 4.98 Å². The lowest BCUT2D eigenvalue weighted by molar-refractivity contribution is 0.790. The third-order valence-corrected chi connectivity index (χ3v) is 3.72. The van der Waals surface area contributed by atoms with Gasteiger partial charge in [0.1, 0.15) is 5.01 Å². The maximum absolute atomic E-state index is 5.81. The van der Waals surface area contributed by atoms with Crippen LogP contribution < -0.4 is 5.73 Å². The number of rotatable bonds is 3. The second-order valence-corrected chi connectivity index (χ2v) is 5.50.